The van der Waals surface area contributed by atoms with Gasteiger partial charge in [-0.15, -0.1) is 0 Å². The first kappa shape index (κ1) is 36.6. The summed E-state index contributed by atoms with van der Waals surface area (Å²) in [7, 11) is 0. The Kier molecular flexibility index (Phi) is 8.82. The minimum absolute atomic E-state index is 0.130. The fourth-order valence-electron chi connectivity index (χ4n) is 9.93. The summed E-state index contributed by atoms with van der Waals surface area (Å²) < 4.78 is 7.73. The molecule has 2 heterocycles. The molecule has 1 aliphatic carbocycles. The van der Waals surface area contributed by atoms with Gasteiger partial charge in [0.15, 0.2) is 23.1 Å². The van der Waals surface area contributed by atoms with Gasteiger partial charge in [-0.2, -0.15) is 0 Å². The Labute approximate surface area is 357 Å². The van der Waals surface area contributed by atoms with E-state index < -0.39 is 5.60 Å². The van der Waals surface area contributed by atoms with Gasteiger partial charge in [-0.25, -0.2) is 15.0 Å². The minimum atomic E-state index is -0.937. The SMILES string of the molecule is CCC1(CC)c2ccccc2-c2c1c1c(c3ccccc23)OC(c2ccc(-c3ccccc3)cc2)(c2ccc(-c3nc(-c4ccccc4)nc(-c4ccccc4)n3)cc2)C=C1. The van der Waals surface area contributed by atoms with Crippen LogP contribution < -0.4 is 4.74 Å². The summed E-state index contributed by atoms with van der Waals surface area (Å²) in [5.74, 6) is 2.80. The third kappa shape index (κ3) is 5.85. The number of hydrogen-bond donors (Lipinski definition) is 0. The average Bonchev–Trinajstić information content (AvgIpc) is 3.65. The molecule has 0 spiro atoms. The van der Waals surface area contributed by atoms with Crippen molar-refractivity contribution < 1.29 is 4.74 Å². The lowest BCUT2D eigenvalue weighted by atomic mass is 9.71. The second-order valence-electron chi connectivity index (χ2n) is 16.1. The number of fused-ring (bicyclic) bond motifs is 8. The van der Waals surface area contributed by atoms with Gasteiger partial charge >= 0.3 is 0 Å². The van der Waals surface area contributed by atoms with Gasteiger partial charge in [-0.3, -0.25) is 0 Å². The average molecular weight is 786 g/mol. The molecule has 0 saturated carbocycles. The molecule has 61 heavy (non-hydrogen) atoms. The molecule has 4 nitrogen and oxygen atoms in total. The second kappa shape index (κ2) is 14.7. The minimum Gasteiger partial charge on any atom is -0.472 e. The molecule has 1 aromatic heterocycles. The van der Waals surface area contributed by atoms with Crippen LogP contribution in [-0.2, 0) is 11.0 Å². The standard InChI is InChI=1S/C57H43N3O/c1-3-56(4-2)49-27-17-16-26-47(49)50-45-24-14-15-25-46(45)52-48(51(50)56)36-37-57(61-52,43-32-28-39(29-33-43)38-18-8-5-9-19-38)44-34-30-42(31-35-44)55-59-53(40-20-10-6-11-21-40)58-54(60-55)41-22-12-7-13-23-41/h5-37H,3-4H2,1-2H3. The normalized spacial score (nSPS) is 15.8. The lowest BCUT2D eigenvalue weighted by molar-refractivity contribution is 0.163. The van der Waals surface area contributed by atoms with Gasteiger partial charge in [0, 0.05) is 44.2 Å². The van der Waals surface area contributed by atoms with E-state index >= 15 is 0 Å². The van der Waals surface area contributed by atoms with Crippen molar-refractivity contribution >= 4 is 16.8 Å². The lowest BCUT2D eigenvalue weighted by Gasteiger charge is -2.39. The molecule has 9 aromatic rings. The summed E-state index contributed by atoms with van der Waals surface area (Å²) in [4.78, 5) is 15.0. The maximum absolute atomic E-state index is 7.73. The van der Waals surface area contributed by atoms with Crippen molar-refractivity contribution in [2.75, 3.05) is 0 Å². The van der Waals surface area contributed by atoms with Crippen molar-refractivity contribution in [3.63, 3.8) is 0 Å². The highest BCUT2D eigenvalue weighted by atomic mass is 16.5. The van der Waals surface area contributed by atoms with E-state index in [0.717, 1.165) is 57.4 Å². The van der Waals surface area contributed by atoms with Crippen LogP contribution in [0.1, 0.15) is 54.5 Å². The number of ether oxygens (including phenoxy) is 1. The van der Waals surface area contributed by atoms with Crippen LogP contribution in [0.5, 0.6) is 5.75 Å². The Balaban J connectivity index is 1.09. The van der Waals surface area contributed by atoms with Crippen LogP contribution in [0.3, 0.4) is 0 Å². The second-order valence-corrected chi connectivity index (χ2v) is 16.1. The summed E-state index contributed by atoms with van der Waals surface area (Å²) in [6.45, 7) is 4.67. The van der Waals surface area contributed by atoms with Gasteiger partial charge in [-0.1, -0.05) is 208 Å². The Hall–Kier alpha value is -7.43. The highest BCUT2D eigenvalue weighted by molar-refractivity contribution is 6.08. The Morgan fingerprint density at radius 3 is 1.44 bits per heavy atom. The van der Waals surface area contributed by atoms with E-state index in [0.29, 0.717) is 17.5 Å². The summed E-state index contributed by atoms with van der Waals surface area (Å²) in [5, 5.41) is 2.34. The molecule has 0 radical (unpaired) electrons. The first-order chi connectivity index (χ1) is 30.1. The van der Waals surface area contributed by atoms with E-state index in [9.17, 15) is 0 Å². The molecule has 1 atom stereocenters. The fourth-order valence-corrected chi connectivity index (χ4v) is 9.93. The third-order valence-electron chi connectivity index (χ3n) is 13.0. The summed E-state index contributed by atoms with van der Waals surface area (Å²) in [6, 6.07) is 66.1. The molecule has 2 aliphatic rings. The maximum Gasteiger partial charge on any atom is 0.178 e. The predicted octanol–water partition coefficient (Wildman–Crippen LogP) is 14.1. The zero-order valence-electron chi connectivity index (χ0n) is 34.2. The van der Waals surface area contributed by atoms with Gasteiger partial charge in [0.1, 0.15) is 5.75 Å². The van der Waals surface area contributed by atoms with Crippen LogP contribution >= 0.6 is 0 Å². The Morgan fingerprint density at radius 2 is 0.885 bits per heavy atom. The lowest BCUT2D eigenvalue weighted by Crippen LogP contribution is -2.35. The summed E-state index contributed by atoms with van der Waals surface area (Å²) in [5.41, 5.74) is 12.7. The van der Waals surface area contributed by atoms with E-state index in [1.165, 1.54) is 38.8 Å². The number of nitrogens with zero attached hydrogens (tertiary/aromatic N) is 3. The molecule has 0 N–H and O–H groups in total. The fraction of sp³-hybridized carbons (Fsp3) is 0.105. The first-order valence-electron chi connectivity index (χ1n) is 21.3. The molecule has 0 bridgehead atoms. The van der Waals surface area contributed by atoms with Crippen LogP contribution in [-0.4, -0.2) is 15.0 Å². The van der Waals surface area contributed by atoms with Crippen molar-refractivity contribution in [1.29, 1.82) is 0 Å². The van der Waals surface area contributed by atoms with E-state index in [4.69, 9.17) is 19.7 Å². The largest absolute Gasteiger partial charge is 0.472 e. The number of hydrogen-bond acceptors (Lipinski definition) is 4. The molecule has 4 heteroatoms. The van der Waals surface area contributed by atoms with E-state index in [1.54, 1.807) is 0 Å². The van der Waals surface area contributed by atoms with Crippen molar-refractivity contribution in [3.8, 4) is 62.2 Å². The van der Waals surface area contributed by atoms with Gasteiger partial charge in [0.25, 0.3) is 0 Å². The summed E-state index contributed by atoms with van der Waals surface area (Å²) in [6.07, 6.45) is 6.64. The van der Waals surface area contributed by atoms with Crippen LogP contribution in [0.4, 0.5) is 0 Å². The molecule has 8 aromatic carbocycles. The topological polar surface area (TPSA) is 47.9 Å². The molecule has 11 rings (SSSR count). The summed E-state index contributed by atoms with van der Waals surface area (Å²) >= 11 is 0. The van der Waals surface area contributed by atoms with Gasteiger partial charge in [-0.05, 0) is 57.7 Å². The van der Waals surface area contributed by atoms with Crippen molar-refractivity contribution in [2.45, 2.75) is 37.7 Å². The quantitative estimate of drug-likeness (QED) is 0.154. The molecular formula is C57H43N3O. The smallest absolute Gasteiger partial charge is 0.178 e. The first-order valence-corrected chi connectivity index (χ1v) is 21.3. The highest BCUT2D eigenvalue weighted by Crippen LogP contribution is 2.60. The van der Waals surface area contributed by atoms with Gasteiger partial charge in [0.2, 0.25) is 0 Å². The molecule has 292 valence electrons. The van der Waals surface area contributed by atoms with Crippen LogP contribution in [0, 0.1) is 0 Å². The number of rotatable bonds is 8. The van der Waals surface area contributed by atoms with Gasteiger partial charge in [0.05, 0.1) is 0 Å². The third-order valence-corrected chi connectivity index (χ3v) is 13.0. The molecule has 0 saturated heterocycles. The Morgan fingerprint density at radius 1 is 0.443 bits per heavy atom. The van der Waals surface area contributed by atoms with Crippen molar-refractivity contribution in [3.05, 3.63) is 222 Å². The molecular weight excluding hydrogens is 743 g/mol. The molecule has 1 aliphatic heterocycles. The maximum atomic E-state index is 7.73. The van der Waals surface area contributed by atoms with E-state index in [2.05, 4.69) is 153 Å². The van der Waals surface area contributed by atoms with Crippen molar-refractivity contribution in [2.24, 2.45) is 0 Å². The van der Waals surface area contributed by atoms with Crippen molar-refractivity contribution in [1.82, 2.24) is 15.0 Å². The van der Waals surface area contributed by atoms with Crippen LogP contribution in [0.25, 0.3) is 73.3 Å². The van der Waals surface area contributed by atoms with Crippen LogP contribution in [0.15, 0.2) is 194 Å². The molecule has 0 fully saturated rings. The van der Waals surface area contributed by atoms with E-state index in [-0.39, 0.29) is 5.41 Å². The number of benzene rings is 8. The molecule has 1 unspecified atom stereocenters. The number of aromatic nitrogens is 3. The highest BCUT2D eigenvalue weighted by Gasteiger charge is 2.46. The zero-order valence-corrected chi connectivity index (χ0v) is 34.2. The zero-order chi connectivity index (χ0) is 41.0. The van der Waals surface area contributed by atoms with Gasteiger partial charge < -0.3 is 4.74 Å². The Bertz CT molecular complexity index is 3040. The molecule has 0 amide bonds. The van der Waals surface area contributed by atoms with E-state index in [1.807, 2.05) is 60.7 Å². The predicted molar refractivity (Wildman–Crippen MR) is 249 cm³/mol. The monoisotopic (exact) mass is 785 g/mol. The van der Waals surface area contributed by atoms with Crippen LogP contribution in [0.2, 0.25) is 0 Å².